The van der Waals surface area contributed by atoms with Crippen LogP contribution in [0.25, 0.3) is 0 Å². The lowest BCUT2D eigenvalue weighted by molar-refractivity contribution is 0.437. The van der Waals surface area contributed by atoms with Gasteiger partial charge >= 0.3 is 5.56 Å². The van der Waals surface area contributed by atoms with E-state index in [0.29, 0.717) is 5.82 Å². The van der Waals surface area contributed by atoms with Crippen molar-refractivity contribution in [1.82, 2.24) is 15.2 Å². The van der Waals surface area contributed by atoms with Crippen molar-refractivity contribution < 1.29 is 5.11 Å². The first-order valence-electron chi connectivity index (χ1n) is 2.32. The van der Waals surface area contributed by atoms with Crippen molar-refractivity contribution in [3.05, 3.63) is 16.2 Å². The molecule has 1 rings (SSSR count). The summed E-state index contributed by atoms with van der Waals surface area (Å²) in [5, 5.41) is 14.1. The number of aromatic nitrogens is 3. The Morgan fingerprint density at radius 2 is 2.33 bits per heavy atom. The predicted molar refractivity (Wildman–Crippen MR) is 29.1 cm³/mol. The number of aromatic hydroxyl groups is 1. The fourth-order valence-corrected chi connectivity index (χ4v) is 0.411. The molecule has 1 aromatic rings. The summed E-state index contributed by atoms with van der Waals surface area (Å²) in [5.74, 6) is -0.199. The first kappa shape index (κ1) is 5.74. The summed E-state index contributed by atoms with van der Waals surface area (Å²) in [7, 11) is 0. The molecular weight excluding hydrogens is 122 g/mol. The number of aryl methyl sites for hydroxylation is 1. The molecule has 0 fully saturated rings. The van der Waals surface area contributed by atoms with Crippen molar-refractivity contribution in [1.29, 1.82) is 0 Å². The highest BCUT2D eigenvalue weighted by Crippen LogP contribution is 1.88. The fraction of sp³-hybridized carbons (Fsp3) is 0.250. The predicted octanol–water partition coefficient (Wildman–Crippen LogP) is -0.821. The van der Waals surface area contributed by atoms with E-state index in [2.05, 4.69) is 10.1 Å². The second kappa shape index (κ2) is 1.85. The van der Waals surface area contributed by atoms with Crippen molar-refractivity contribution in [2.45, 2.75) is 6.92 Å². The van der Waals surface area contributed by atoms with Gasteiger partial charge in [0.15, 0.2) is 0 Å². The van der Waals surface area contributed by atoms with E-state index in [0.717, 1.165) is 0 Å². The molecule has 1 aromatic heterocycles. The molecule has 0 aliphatic rings. The van der Waals surface area contributed by atoms with Crippen LogP contribution in [0.1, 0.15) is 5.82 Å². The standard InChI is InChI=1S/C4H5N3O2/c1-2-5-3(8)4(9)7-6-2/h1H3,(H,7,9)(H,5,6,8). The van der Waals surface area contributed by atoms with Gasteiger partial charge in [-0.25, -0.2) is 5.10 Å². The zero-order chi connectivity index (χ0) is 6.85. The summed E-state index contributed by atoms with van der Waals surface area (Å²) >= 11 is 0. The molecule has 5 heteroatoms. The molecule has 0 atom stereocenters. The Bertz CT molecular complexity index is 267. The van der Waals surface area contributed by atoms with Gasteiger partial charge in [0.25, 0.3) is 5.88 Å². The molecule has 0 bridgehead atoms. The van der Waals surface area contributed by atoms with E-state index >= 15 is 0 Å². The minimum atomic E-state index is -0.666. The molecule has 48 valence electrons. The van der Waals surface area contributed by atoms with E-state index in [1.807, 2.05) is 5.10 Å². The molecule has 2 N–H and O–H groups in total. The molecule has 0 spiro atoms. The quantitative estimate of drug-likeness (QED) is 0.477. The highest BCUT2D eigenvalue weighted by Gasteiger charge is 1.95. The van der Waals surface area contributed by atoms with E-state index < -0.39 is 11.4 Å². The summed E-state index contributed by atoms with van der Waals surface area (Å²) in [6.45, 7) is 1.57. The molecule has 1 heterocycles. The zero-order valence-electron chi connectivity index (χ0n) is 4.75. The van der Waals surface area contributed by atoms with Crippen LogP contribution in [0, 0.1) is 6.92 Å². The molecule has 0 saturated carbocycles. The molecule has 0 saturated heterocycles. The van der Waals surface area contributed by atoms with E-state index in [1.54, 1.807) is 6.92 Å². The van der Waals surface area contributed by atoms with Gasteiger partial charge in [0.1, 0.15) is 5.82 Å². The number of nitrogens with one attached hydrogen (secondary N) is 1. The van der Waals surface area contributed by atoms with E-state index in [9.17, 15) is 4.79 Å². The molecule has 0 unspecified atom stereocenters. The fourth-order valence-electron chi connectivity index (χ4n) is 0.411. The molecule has 9 heavy (non-hydrogen) atoms. The molecular formula is C4H5N3O2. The van der Waals surface area contributed by atoms with Gasteiger partial charge in [-0.1, -0.05) is 0 Å². The number of H-pyrrole nitrogens is 1. The van der Waals surface area contributed by atoms with Crippen LogP contribution in [0.3, 0.4) is 0 Å². The second-order valence-electron chi connectivity index (χ2n) is 1.54. The van der Waals surface area contributed by atoms with Crippen LogP contribution in [-0.2, 0) is 0 Å². The first-order chi connectivity index (χ1) is 4.20. The normalized spacial score (nSPS) is 9.44. The van der Waals surface area contributed by atoms with Crippen molar-refractivity contribution in [3.8, 4) is 5.88 Å². The maximum absolute atomic E-state index is 10.3. The number of hydrogen-bond acceptors (Lipinski definition) is 4. The van der Waals surface area contributed by atoms with Crippen molar-refractivity contribution in [2.24, 2.45) is 0 Å². The number of aromatic amines is 1. The maximum Gasteiger partial charge on any atom is 0.326 e. The van der Waals surface area contributed by atoms with Crippen LogP contribution in [-0.4, -0.2) is 20.3 Å². The Balaban J connectivity index is 3.34. The lowest BCUT2D eigenvalue weighted by atomic mass is 10.7. The van der Waals surface area contributed by atoms with Crippen molar-refractivity contribution >= 4 is 0 Å². The van der Waals surface area contributed by atoms with Crippen molar-refractivity contribution in [3.63, 3.8) is 0 Å². The maximum atomic E-state index is 10.3. The van der Waals surface area contributed by atoms with Gasteiger partial charge < -0.3 is 5.11 Å². The minimum absolute atomic E-state index is 0.340. The SMILES string of the molecule is Cc1n[nH]c(=O)c(O)n1. The lowest BCUT2D eigenvalue weighted by Crippen LogP contribution is -2.10. The molecule has 0 aliphatic heterocycles. The van der Waals surface area contributed by atoms with Crippen LogP contribution >= 0.6 is 0 Å². The largest absolute Gasteiger partial charge is 0.489 e. The summed E-state index contributed by atoms with van der Waals surface area (Å²) in [6, 6.07) is 0. The number of hydrogen-bond donors (Lipinski definition) is 2. The van der Waals surface area contributed by atoms with Crippen LogP contribution in [0.4, 0.5) is 0 Å². The molecule has 0 aromatic carbocycles. The second-order valence-corrected chi connectivity index (χ2v) is 1.54. The molecule has 0 amide bonds. The Hall–Kier alpha value is -1.39. The van der Waals surface area contributed by atoms with Crippen LogP contribution < -0.4 is 5.56 Å². The lowest BCUT2D eigenvalue weighted by Gasteiger charge is -1.88. The molecule has 0 aliphatic carbocycles. The number of nitrogens with zero attached hydrogens (tertiary/aromatic N) is 2. The topological polar surface area (TPSA) is 78.9 Å². The van der Waals surface area contributed by atoms with Gasteiger partial charge in [-0.05, 0) is 6.92 Å². The van der Waals surface area contributed by atoms with Gasteiger partial charge in [0.2, 0.25) is 0 Å². The minimum Gasteiger partial charge on any atom is -0.489 e. The summed E-state index contributed by atoms with van der Waals surface area (Å²) in [6.07, 6.45) is 0. The highest BCUT2D eigenvalue weighted by atomic mass is 16.3. The average molecular weight is 127 g/mol. The van der Waals surface area contributed by atoms with Gasteiger partial charge in [0, 0.05) is 0 Å². The molecule has 5 nitrogen and oxygen atoms in total. The summed E-state index contributed by atoms with van der Waals surface area (Å²) < 4.78 is 0. The van der Waals surface area contributed by atoms with Gasteiger partial charge in [-0.3, -0.25) is 4.79 Å². The average Bonchev–Trinajstić information content (AvgIpc) is 1.80. The Labute approximate surface area is 50.4 Å². The van der Waals surface area contributed by atoms with Crippen LogP contribution in [0.2, 0.25) is 0 Å². The summed E-state index contributed by atoms with van der Waals surface area (Å²) in [4.78, 5) is 13.7. The Morgan fingerprint density at radius 3 is 2.78 bits per heavy atom. The van der Waals surface area contributed by atoms with Gasteiger partial charge in [0.05, 0.1) is 0 Å². The first-order valence-corrected chi connectivity index (χ1v) is 2.32. The van der Waals surface area contributed by atoms with E-state index in [-0.39, 0.29) is 0 Å². The van der Waals surface area contributed by atoms with Gasteiger partial charge in [-0.15, -0.1) is 0 Å². The monoisotopic (exact) mass is 127 g/mol. The zero-order valence-corrected chi connectivity index (χ0v) is 4.75. The molecule has 0 radical (unpaired) electrons. The van der Waals surface area contributed by atoms with Crippen molar-refractivity contribution in [2.75, 3.05) is 0 Å². The van der Waals surface area contributed by atoms with E-state index in [1.165, 1.54) is 0 Å². The third kappa shape index (κ3) is 1.04. The highest BCUT2D eigenvalue weighted by molar-refractivity contribution is 4.99. The Kier molecular flexibility index (Phi) is 1.18. The Morgan fingerprint density at radius 1 is 1.67 bits per heavy atom. The van der Waals surface area contributed by atoms with Gasteiger partial charge in [-0.2, -0.15) is 10.1 Å². The van der Waals surface area contributed by atoms with E-state index in [4.69, 9.17) is 5.11 Å². The third-order valence-corrected chi connectivity index (χ3v) is 0.790. The number of rotatable bonds is 0. The summed E-state index contributed by atoms with van der Waals surface area (Å²) in [5.41, 5.74) is -0.666. The van der Waals surface area contributed by atoms with Crippen LogP contribution in [0.15, 0.2) is 4.79 Å². The van der Waals surface area contributed by atoms with Crippen LogP contribution in [0.5, 0.6) is 5.88 Å². The third-order valence-electron chi connectivity index (χ3n) is 0.790. The smallest absolute Gasteiger partial charge is 0.326 e.